The van der Waals surface area contributed by atoms with Gasteiger partial charge in [-0.15, -0.1) is 11.8 Å². The fourth-order valence-corrected chi connectivity index (χ4v) is 4.05. The molecule has 0 bridgehead atoms. The van der Waals surface area contributed by atoms with Crippen molar-refractivity contribution in [3.63, 3.8) is 0 Å². The van der Waals surface area contributed by atoms with E-state index in [9.17, 15) is 9.59 Å². The van der Waals surface area contributed by atoms with Crippen LogP contribution in [0.5, 0.6) is 0 Å². The standard InChI is InChI=1S/C14H24N2O4S/c1-14(2,3)20-13(19)16-6-4-5-9(7-16)11-15-10(8-21-11)12(17)18/h9-11,15H,4-8H2,1-3H3,(H,17,18)/t9?,10-,11?/m0/s1. The van der Waals surface area contributed by atoms with Crippen molar-refractivity contribution in [1.29, 1.82) is 0 Å². The van der Waals surface area contributed by atoms with Gasteiger partial charge in [0.25, 0.3) is 0 Å². The molecule has 2 unspecified atom stereocenters. The number of nitrogens with zero attached hydrogens (tertiary/aromatic N) is 1. The zero-order valence-electron chi connectivity index (χ0n) is 12.8. The van der Waals surface area contributed by atoms with Crippen molar-refractivity contribution in [3.8, 4) is 0 Å². The highest BCUT2D eigenvalue weighted by Gasteiger charge is 2.37. The van der Waals surface area contributed by atoms with Gasteiger partial charge in [-0.25, -0.2) is 4.79 Å². The quantitative estimate of drug-likeness (QED) is 0.808. The normalized spacial score (nSPS) is 30.2. The molecule has 0 spiro atoms. The van der Waals surface area contributed by atoms with Crippen molar-refractivity contribution < 1.29 is 19.4 Å². The summed E-state index contributed by atoms with van der Waals surface area (Å²) in [6.07, 6.45) is 1.67. The number of hydrogen-bond donors (Lipinski definition) is 2. The number of aliphatic carboxylic acids is 1. The van der Waals surface area contributed by atoms with E-state index in [2.05, 4.69) is 5.32 Å². The van der Waals surface area contributed by atoms with Crippen LogP contribution in [-0.2, 0) is 9.53 Å². The lowest BCUT2D eigenvalue weighted by molar-refractivity contribution is -0.138. The fourth-order valence-electron chi connectivity index (χ4n) is 2.66. The van der Waals surface area contributed by atoms with Gasteiger partial charge in [-0.2, -0.15) is 0 Å². The van der Waals surface area contributed by atoms with Gasteiger partial charge in [0.2, 0.25) is 0 Å². The molecule has 2 heterocycles. The van der Waals surface area contributed by atoms with Crippen molar-refractivity contribution in [2.45, 2.75) is 50.6 Å². The van der Waals surface area contributed by atoms with E-state index in [0.29, 0.717) is 18.8 Å². The lowest BCUT2D eigenvalue weighted by Gasteiger charge is -2.36. The van der Waals surface area contributed by atoms with Gasteiger partial charge in [-0.05, 0) is 33.6 Å². The molecule has 0 aromatic rings. The number of carbonyl (C=O) groups is 2. The van der Waals surface area contributed by atoms with E-state index in [1.165, 1.54) is 0 Å². The molecule has 7 heteroatoms. The van der Waals surface area contributed by atoms with Gasteiger partial charge in [0, 0.05) is 24.8 Å². The predicted molar refractivity (Wildman–Crippen MR) is 81.3 cm³/mol. The molecule has 3 atom stereocenters. The average molecular weight is 316 g/mol. The number of amides is 1. The van der Waals surface area contributed by atoms with Gasteiger partial charge >= 0.3 is 12.1 Å². The summed E-state index contributed by atoms with van der Waals surface area (Å²) in [5.41, 5.74) is -0.487. The van der Waals surface area contributed by atoms with E-state index in [-0.39, 0.29) is 17.4 Å². The first-order valence-electron chi connectivity index (χ1n) is 7.34. The number of likely N-dealkylation sites (tertiary alicyclic amines) is 1. The number of nitrogens with one attached hydrogen (secondary N) is 1. The molecule has 2 aliphatic heterocycles. The second-order valence-corrected chi connectivity index (χ2v) is 7.81. The SMILES string of the molecule is CC(C)(C)OC(=O)N1CCCC(C2N[C@H](C(=O)O)CS2)C1. The molecule has 2 fully saturated rings. The maximum absolute atomic E-state index is 12.1. The maximum atomic E-state index is 12.1. The third-order valence-corrected chi connectivity index (χ3v) is 5.05. The molecule has 0 aliphatic carbocycles. The topological polar surface area (TPSA) is 78.9 Å². The summed E-state index contributed by atoms with van der Waals surface area (Å²) in [6, 6.07) is -0.475. The Morgan fingerprint density at radius 3 is 2.67 bits per heavy atom. The molecule has 120 valence electrons. The highest BCUT2D eigenvalue weighted by atomic mass is 32.2. The molecule has 0 saturated carbocycles. The first kappa shape index (κ1) is 16.4. The minimum atomic E-state index is -0.801. The molecule has 2 saturated heterocycles. The van der Waals surface area contributed by atoms with E-state index in [4.69, 9.17) is 9.84 Å². The predicted octanol–water partition coefficient (Wildman–Crippen LogP) is 1.75. The van der Waals surface area contributed by atoms with Crippen LogP contribution < -0.4 is 5.32 Å². The highest BCUT2D eigenvalue weighted by Crippen LogP contribution is 2.31. The van der Waals surface area contributed by atoms with Crippen LogP contribution in [0.3, 0.4) is 0 Å². The molecule has 2 N–H and O–H groups in total. The van der Waals surface area contributed by atoms with Crippen molar-refractivity contribution in [1.82, 2.24) is 10.2 Å². The van der Waals surface area contributed by atoms with Crippen molar-refractivity contribution in [2.24, 2.45) is 5.92 Å². The Balaban J connectivity index is 1.89. The lowest BCUT2D eigenvalue weighted by atomic mass is 9.97. The fraction of sp³-hybridized carbons (Fsp3) is 0.857. The third kappa shape index (κ3) is 4.51. The molecule has 0 aromatic carbocycles. The second-order valence-electron chi connectivity index (χ2n) is 6.64. The molecule has 0 radical (unpaired) electrons. The van der Waals surface area contributed by atoms with E-state index in [0.717, 1.165) is 12.8 Å². The van der Waals surface area contributed by atoms with Crippen LogP contribution in [0.4, 0.5) is 4.79 Å². The zero-order valence-corrected chi connectivity index (χ0v) is 13.6. The van der Waals surface area contributed by atoms with Crippen LogP contribution in [-0.4, -0.2) is 57.9 Å². The number of rotatable bonds is 2. The third-order valence-electron chi connectivity index (χ3n) is 3.64. The molecular formula is C14H24N2O4S. The molecule has 21 heavy (non-hydrogen) atoms. The smallest absolute Gasteiger partial charge is 0.410 e. The Labute approximate surface area is 129 Å². The number of carboxylic acids is 1. The van der Waals surface area contributed by atoms with Crippen LogP contribution in [0, 0.1) is 5.92 Å². The van der Waals surface area contributed by atoms with Gasteiger partial charge in [0.15, 0.2) is 0 Å². The summed E-state index contributed by atoms with van der Waals surface area (Å²) < 4.78 is 5.41. The monoisotopic (exact) mass is 316 g/mol. The number of piperidine rings is 1. The Morgan fingerprint density at radius 2 is 2.10 bits per heavy atom. The summed E-state index contributed by atoms with van der Waals surface area (Å²) in [6.45, 7) is 6.92. The lowest BCUT2D eigenvalue weighted by Crippen LogP contribution is -2.48. The Morgan fingerprint density at radius 1 is 1.38 bits per heavy atom. The van der Waals surface area contributed by atoms with Gasteiger partial charge in [0.05, 0.1) is 5.37 Å². The summed E-state index contributed by atoms with van der Waals surface area (Å²) in [5.74, 6) is 0.0635. The molecule has 0 aromatic heterocycles. The number of carboxylic acid groups (broad SMARTS) is 1. The van der Waals surface area contributed by atoms with Crippen LogP contribution in [0.15, 0.2) is 0 Å². The summed E-state index contributed by atoms with van der Waals surface area (Å²) in [7, 11) is 0. The summed E-state index contributed by atoms with van der Waals surface area (Å²) in [4.78, 5) is 24.9. The van der Waals surface area contributed by atoms with E-state index in [1.54, 1.807) is 16.7 Å². The van der Waals surface area contributed by atoms with E-state index >= 15 is 0 Å². The van der Waals surface area contributed by atoms with Crippen LogP contribution >= 0.6 is 11.8 Å². The van der Waals surface area contributed by atoms with Gasteiger partial charge in [-0.3, -0.25) is 10.1 Å². The molecule has 2 aliphatic rings. The van der Waals surface area contributed by atoms with Crippen LogP contribution in [0.1, 0.15) is 33.6 Å². The largest absolute Gasteiger partial charge is 0.480 e. The average Bonchev–Trinajstić information content (AvgIpc) is 2.86. The van der Waals surface area contributed by atoms with Crippen molar-refractivity contribution in [2.75, 3.05) is 18.8 Å². The van der Waals surface area contributed by atoms with Gasteiger partial charge in [-0.1, -0.05) is 0 Å². The van der Waals surface area contributed by atoms with Crippen molar-refractivity contribution in [3.05, 3.63) is 0 Å². The number of thioether (sulfide) groups is 1. The Bertz CT molecular complexity index is 410. The minimum absolute atomic E-state index is 0.108. The first-order chi connectivity index (χ1) is 9.76. The van der Waals surface area contributed by atoms with Crippen LogP contribution in [0.25, 0.3) is 0 Å². The first-order valence-corrected chi connectivity index (χ1v) is 8.39. The summed E-state index contributed by atoms with van der Waals surface area (Å²) >= 11 is 1.64. The Kier molecular flexibility index (Phi) is 5.03. The van der Waals surface area contributed by atoms with E-state index < -0.39 is 17.6 Å². The number of ether oxygens (including phenoxy) is 1. The minimum Gasteiger partial charge on any atom is -0.480 e. The number of hydrogen-bond acceptors (Lipinski definition) is 5. The van der Waals surface area contributed by atoms with Gasteiger partial charge in [0.1, 0.15) is 11.6 Å². The summed E-state index contributed by atoms with van der Waals surface area (Å²) in [5, 5.41) is 12.3. The van der Waals surface area contributed by atoms with E-state index in [1.807, 2.05) is 20.8 Å². The Hall–Kier alpha value is -0.950. The molecule has 2 rings (SSSR count). The van der Waals surface area contributed by atoms with Crippen molar-refractivity contribution >= 4 is 23.8 Å². The molecule has 1 amide bonds. The molecule has 6 nitrogen and oxygen atoms in total. The number of carbonyl (C=O) groups excluding carboxylic acids is 1. The van der Waals surface area contributed by atoms with Gasteiger partial charge < -0.3 is 14.7 Å². The molecular weight excluding hydrogens is 292 g/mol. The zero-order chi connectivity index (χ0) is 15.6. The second kappa shape index (κ2) is 6.44. The highest BCUT2D eigenvalue weighted by molar-refractivity contribution is 8.00. The van der Waals surface area contributed by atoms with Crippen LogP contribution in [0.2, 0.25) is 0 Å². The maximum Gasteiger partial charge on any atom is 0.410 e.